The summed E-state index contributed by atoms with van der Waals surface area (Å²) in [6.07, 6.45) is 7.28. The van der Waals surface area contributed by atoms with Crippen molar-refractivity contribution in [2.24, 2.45) is 11.8 Å². The van der Waals surface area contributed by atoms with Gasteiger partial charge in [-0.2, -0.15) is 0 Å². The average molecular weight is 259 g/mol. The van der Waals surface area contributed by atoms with Crippen LogP contribution in [0, 0.1) is 11.8 Å². The lowest BCUT2D eigenvalue weighted by Crippen LogP contribution is -2.39. The molecule has 3 nitrogen and oxygen atoms in total. The summed E-state index contributed by atoms with van der Waals surface area (Å²) in [5.41, 5.74) is 1.20. The van der Waals surface area contributed by atoms with Crippen molar-refractivity contribution >= 4 is 0 Å². The summed E-state index contributed by atoms with van der Waals surface area (Å²) in [6, 6.07) is 6.90. The third-order valence-corrected chi connectivity index (χ3v) is 4.86. The minimum atomic E-state index is 0.723. The van der Waals surface area contributed by atoms with Crippen LogP contribution >= 0.6 is 0 Å². The van der Waals surface area contributed by atoms with Crippen LogP contribution in [0.25, 0.3) is 0 Å². The molecule has 1 aliphatic carbocycles. The fraction of sp³-hybridized carbons (Fsp3) is 0.688. The summed E-state index contributed by atoms with van der Waals surface area (Å²) < 4.78 is 0. The van der Waals surface area contributed by atoms with Crippen molar-refractivity contribution in [2.45, 2.75) is 31.7 Å². The van der Waals surface area contributed by atoms with E-state index in [9.17, 15) is 0 Å². The van der Waals surface area contributed by atoms with Gasteiger partial charge in [-0.1, -0.05) is 12.5 Å². The van der Waals surface area contributed by atoms with Gasteiger partial charge in [-0.05, 0) is 50.4 Å². The minimum absolute atomic E-state index is 0.723. The van der Waals surface area contributed by atoms with E-state index < -0.39 is 0 Å². The zero-order valence-electron chi connectivity index (χ0n) is 11.9. The number of nitrogens with zero attached hydrogens (tertiary/aromatic N) is 2. The first kappa shape index (κ1) is 13.1. The second-order valence-corrected chi connectivity index (χ2v) is 6.20. The van der Waals surface area contributed by atoms with Crippen LogP contribution in [0.3, 0.4) is 0 Å². The second-order valence-electron chi connectivity index (χ2n) is 6.20. The molecule has 3 atom stereocenters. The molecule has 2 aliphatic rings. The molecule has 3 unspecified atom stereocenters. The standard InChI is InChI=1S/C16H25N3/c1-19(10-8-14-6-2-3-9-17-14)12-16-15-7-4-5-13(15)11-18-16/h2-3,6,9,13,15-16,18H,4-5,7-8,10-12H2,1H3. The van der Waals surface area contributed by atoms with Crippen LogP contribution < -0.4 is 5.32 Å². The molecular weight excluding hydrogens is 234 g/mol. The highest BCUT2D eigenvalue weighted by molar-refractivity contribution is 5.04. The zero-order valence-corrected chi connectivity index (χ0v) is 11.9. The summed E-state index contributed by atoms with van der Waals surface area (Å²) >= 11 is 0. The van der Waals surface area contributed by atoms with Gasteiger partial charge in [-0.3, -0.25) is 4.98 Å². The van der Waals surface area contributed by atoms with Crippen molar-refractivity contribution in [3.63, 3.8) is 0 Å². The van der Waals surface area contributed by atoms with Gasteiger partial charge in [-0.15, -0.1) is 0 Å². The molecule has 19 heavy (non-hydrogen) atoms. The zero-order chi connectivity index (χ0) is 13.1. The minimum Gasteiger partial charge on any atom is -0.312 e. The maximum atomic E-state index is 4.39. The van der Waals surface area contributed by atoms with Gasteiger partial charge < -0.3 is 10.2 Å². The van der Waals surface area contributed by atoms with E-state index in [1.807, 2.05) is 12.3 Å². The quantitative estimate of drug-likeness (QED) is 0.876. The third-order valence-electron chi connectivity index (χ3n) is 4.86. The van der Waals surface area contributed by atoms with Crippen molar-refractivity contribution in [1.82, 2.24) is 15.2 Å². The largest absolute Gasteiger partial charge is 0.312 e. The second kappa shape index (κ2) is 6.02. The SMILES string of the molecule is CN(CCc1ccccn1)CC1NCC2CCCC21. The molecule has 2 heterocycles. The van der Waals surface area contributed by atoms with Crippen LogP contribution in [0.1, 0.15) is 25.0 Å². The molecule has 0 spiro atoms. The normalized spacial score (nSPS) is 29.9. The lowest BCUT2D eigenvalue weighted by Gasteiger charge is -2.25. The van der Waals surface area contributed by atoms with Crippen LogP contribution in [0.4, 0.5) is 0 Å². The van der Waals surface area contributed by atoms with Gasteiger partial charge >= 0.3 is 0 Å². The Morgan fingerprint density at radius 2 is 2.32 bits per heavy atom. The Morgan fingerprint density at radius 3 is 3.16 bits per heavy atom. The molecule has 0 radical (unpaired) electrons. The fourth-order valence-electron chi connectivity index (χ4n) is 3.78. The molecule has 0 aromatic carbocycles. The molecule has 104 valence electrons. The van der Waals surface area contributed by atoms with E-state index in [2.05, 4.69) is 34.4 Å². The Balaban J connectivity index is 1.45. The highest BCUT2D eigenvalue weighted by Gasteiger charge is 2.38. The van der Waals surface area contributed by atoms with E-state index in [1.54, 1.807) is 0 Å². The van der Waals surface area contributed by atoms with Crippen molar-refractivity contribution in [3.05, 3.63) is 30.1 Å². The third kappa shape index (κ3) is 3.15. The van der Waals surface area contributed by atoms with Crippen LogP contribution in [-0.4, -0.2) is 42.6 Å². The van der Waals surface area contributed by atoms with Crippen molar-refractivity contribution in [3.8, 4) is 0 Å². The van der Waals surface area contributed by atoms with Gasteiger partial charge in [-0.25, -0.2) is 0 Å². The monoisotopic (exact) mass is 259 g/mol. The first-order valence-corrected chi connectivity index (χ1v) is 7.65. The van der Waals surface area contributed by atoms with Crippen molar-refractivity contribution in [1.29, 1.82) is 0 Å². The number of likely N-dealkylation sites (N-methyl/N-ethyl adjacent to an activating group) is 1. The first-order chi connectivity index (χ1) is 9.33. The van der Waals surface area contributed by atoms with E-state index >= 15 is 0 Å². The predicted molar refractivity (Wildman–Crippen MR) is 78.1 cm³/mol. The Morgan fingerprint density at radius 1 is 1.37 bits per heavy atom. The lowest BCUT2D eigenvalue weighted by atomic mass is 9.94. The molecule has 3 rings (SSSR count). The van der Waals surface area contributed by atoms with Crippen LogP contribution in [0.2, 0.25) is 0 Å². The van der Waals surface area contributed by atoms with Crippen molar-refractivity contribution in [2.75, 3.05) is 26.7 Å². The molecule has 3 heteroatoms. The fourth-order valence-corrected chi connectivity index (χ4v) is 3.78. The Labute approximate surface area is 116 Å². The summed E-state index contributed by atoms with van der Waals surface area (Å²) in [5.74, 6) is 1.91. The summed E-state index contributed by atoms with van der Waals surface area (Å²) in [4.78, 5) is 6.86. The molecular formula is C16H25N3. The van der Waals surface area contributed by atoms with Crippen LogP contribution in [0.15, 0.2) is 24.4 Å². The van der Waals surface area contributed by atoms with E-state index in [-0.39, 0.29) is 0 Å². The smallest absolute Gasteiger partial charge is 0.0416 e. The Hall–Kier alpha value is -0.930. The van der Waals surface area contributed by atoms with E-state index in [0.717, 1.165) is 30.8 Å². The highest BCUT2D eigenvalue weighted by Crippen LogP contribution is 2.37. The summed E-state index contributed by atoms with van der Waals surface area (Å²) in [6.45, 7) is 3.55. The van der Waals surface area contributed by atoms with E-state index in [1.165, 1.54) is 38.0 Å². The van der Waals surface area contributed by atoms with Crippen molar-refractivity contribution < 1.29 is 0 Å². The Kier molecular flexibility index (Phi) is 4.14. The summed E-state index contributed by atoms with van der Waals surface area (Å²) in [7, 11) is 2.24. The predicted octanol–water partition coefficient (Wildman–Crippen LogP) is 1.94. The number of hydrogen-bond donors (Lipinski definition) is 1. The van der Waals surface area contributed by atoms with Crippen LogP contribution in [0.5, 0.6) is 0 Å². The topological polar surface area (TPSA) is 28.2 Å². The van der Waals surface area contributed by atoms with E-state index in [0.29, 0.717) is 0 Å². The van der Waals surface area contributed by atoms with Gasteiger partial charge in [0.25, 0.3) is 0 Å². The van der Waals surface area contributed by atoms with Gasteiger partial charge in [0.2, 0.25) is 0 Å². The van der Waals surface area contributed by atoms with E-state index in [4.69, 9.17) is 0 Å². The number of aromatic nitrogens is 1. The molecule has 0 amide bonds. The number of nitrogens with one attached hydrogen (secondary N) is 1. The molecule has 1 aromatic heterocycles. The highest BCUT2D eigenvalue weighted by atomic mass is 15.1. The maximum Gasteiger partial charge on any atom is 0.0416 e. The molecule has 1 aromatic rings. The number of rotatable bonds is 5. The lowest BCUT2D eigenvalue weighted by molar-refractivity contribution is 0.267. The van der Waals surface area contributed by atoms with Gasteiger partial charge in [0, 0.05) is 37.4 Å². The Bertz CT molecular complexity index is 392. The van der Waals surface area contributed by atoms with Gasteiger partial charge in [0.15, 0.2) is 0 Å². The molecule has 2 fully saturated rings. The molecule has 1 N–H and O–H groups in total. The molecule has 0 bridgehead atoms. The first-order valence-electron chi connectivity index (χ1n) is 7.65. The number of fused-ring (bicyclic) bond motifs is 1. The summed E-state index contributed by atoms with van der Waals surface area (Å²) in [5, 5.41) is 3.73. The van der Waals surface area contributed by atoms with Crippen LogP contribution in [-0.2, 0) is 6.42 Å². The number of hydrogen-bond acceptors (Lipinski definition) is 3. The molecule has 1 aliphatic heterocycles. The van der Waals surface area contributed by atoms with Gasteiger partial charge in [0.1, 0.15) is 0 Å². The maximum absolute atomic E-state index is 4.39. The molecule has 1 saturated carbocycles. The average Bonchev–Trinajstić information content (AvgIpc) is 3.03. The number of pyridine rings is 1. The molecule has 1 saturated heterocycles. The van der Waals surface area contributed by atoms with Gasteiger partial charge in [0.05, 0.1) is 0 Å².